The lowest BCUT2D eigenvalue weighted by atomic mass is 10.0. The lowest BCUT2D eigenvalue weighted by Gasteiger charge is -2.35. The van der Waals surface area contributed by atoms with E-state index >= 15 is 0 Å². The quantitative estimate of drug-likeness (QED) is 0.899. The minimum Gasteiger partial charge on any atom is -0.353 e. The predicted molar refractivity (Wildman–Crippen MR) is 94.0 cm³/mol. The maximum Gasteiger partial charge on any atom is 0.258 e. The van der Waals surface area contributed by atoms with Crippen LogP contribution in [0, 0.1) is 0 Å². The van der Waals surface area contributed by atoms with Gasteiger partial charge in [0.2, 0.25) is 5.91 Å². The first-order chi connectivity index (χ1) is 12.2. The molecular weight excluding hydrogens is 316 g/mol. The van der Waals surface area contributed by atoms with Crippen molar-refractivity contribution in [1.29, 1.82) is 0 Å². The fraction of sp³-hybridized carbons (Fsp3) is 0.368. The highest BCUT2D eigenvalue weighted by Gasteiger charge is 2.34. The molecule has 0 saturated carbocycles. The van der Waals surface area contributed by atoms with Gasteiger partial charge in [0, 0.05) is 25.7 Å². The van der Waals surface area contributed by atoms with Crippen molar-refractivity contribution >= 4 is 11.8 Å². The summed E-state index contributed by atoms with van der Waals surface area (Å²) in [6, 6.07) is 9.24. The second-order valence-electron chi connectivity index (χ2n) is 6.13. The van der Waals surface area contributed by atoms with E-state index in [9.17, 15) is 9.59 Å². The number of hydrogen-bond donors (Lipinski definition) is 1. The zero-order chi connectivity index (χ0) is 17.6. The number of amides is 2. The van der Waals surface area contributed by atoms with Crippen molar-refractivity contribution in [2.75, 3.05) is 13.1 Å². The minimum absolute atomic E-state index is 0.114. The number of piperazine rings is 1. The summed E-state index contributed by atoms with van der Waals surface area (Å²) in [5.74, 6) is -0.280. The molecule has 0 aliphatic carbocycles. The van der Waals surface area contributed by atoms with Gasteiger partial charge < -0.3 is 10.2 Å². The molecule has 130 valence electrons. The molecule has 0 radical (unpaired) electrons. The van der Waals surface area contributed by atoms with E-state index in [1.54, 1.807) is 11.1 Å². The van der Waals surface area contributed by atoms with E-state index in [-0.39, 0.29) is 11.8 Å². The predicted octanol–water partition coefficient (Wildman–Crippen LogP) is 1.61. The Morgan fingerprint density at radius 1 is 1.32 bits per heavy atom. The fourth-order valence-corrected chi connectivity index (χ4v) is 3.12. The maximum atomic E-state index is 13.1. The Hall–Kier alpha value is -2.76. The van der Waals surface area contributed by atoms with Gasteiger partial charge in [-0.1, -0.05) is 43.7 Å². The van der Waals surface area contributed by atoms with E-state index in [4.69, 9.17) is 0 Å². The third-order valence-electron chi connectivity index (χ3n) is 4.38. The summed E-state index contributed by atoms with van der Waals surface area (Å²) in [7, 11) is 0. The van der Waals surface area contributed by atoms with Crippen molar-refractivity contribution < 1.29 is 9.59 Å². The molecule has 6 heteroatoms. The van der Waals surface area contributed by atoms with Crippen molar-refractivity contribution in [1.82, 2.24) is 20.2 Å². The normalized spacial score (nSPS) is 17.2. The topological polar surface area (TPSA) is 75.2 Å². The number of rotatable bonds is 5. The molecule has 0 spiro atoms. The maximum absolute atomic E-state index is 13.1. The second-order valence-corrected chi connectivity index (χ2v) is 6.13. The molecule has 25 heavy (non-hydrogen) atoms. The summed E-state index contributed by atoms with van der Waals surface area (Å²) < 4.78 is 0. The summed E-state index contributed by atoms with van der Waals surface area (Å²) >= 11 is 0. The standard InChI is InChI=1S/C19H22N4O2/c1-2-6-16-15(12-20-13-22-16)19(25)23-10-9-21-18(24)17(23)11-14-7-4-3-5-8-14/h3-5,7-8,12-13,17H,2,6,9-11H2,1H3,(H,21,24)/t17-/m0/s1. The highest BCUT2D eigenvalue weighted by atomic mass is 16.2. The minimum atomic E-state index is -0.515. The van der Waals surface area contributed by atoms with Gasteiger partial charge in [0.15, 0.2) is 0 Å². The molecule has 2 amide bonds. The highest BCUT2D eigenvalue weighted by Crippen LogP contribution is 2.17. The number of carbonyl (C=O) groups is 2. The van der Waals surface area contributed by atoms with Gasteiger partial charge in [-0.3, -0.25) is 9.59 Å². The number of aryl methyl sites for hydroxylation is 1. The van der Waals surface area contributed by atoms with Crippen LogP contribution in [0.4, 0.5) is 0 Å². The number of carbonyl (C=O) groups excluding carboxylic acids is 2. The Kier molecular flexibility index (Phi) is 5.38. The van der Waals surface area contributed by atoms with Crippen LogP contribution in [0.15, 0.2) is 42.9 Å². The lowest BCUT2D eigenvalue weighted by Crippen LogP contribution is -2.58. The Balaban J connectivity index is 1.87. The largest absolute Gasteiger partial charge is 0.353 e. The SMILES string of the molecule is CCCc1ncncc1C(=O)N1CCNC(=O)[C@@H]1Cc1ccccc1. The first-order valence-corrected chi connectivity index (χ1v) is 8.62. The molecule has 1 aromatic heterocycles. The van der Waals surface area contributed by atoms with Crippen LogP contribution in [0.1, 0.15) is 35.0 Å². The molecule has 3 rings (SSSR count). The highest BCUT2D eigenvalue weighted by molar-refractivity contribution is 5.98. The molecule has 1 atom stereocenters. The van der Waals surface area contributed by atoms with Crippen LogP contribution < -0.4 is 5.32 Å². The molecule has 1 saturated heterocycles. The van der Waals surface area contributed by atoms with E-state index in [0.717, 1.165) is 17.7 Å². The van der Waals surface area contributed by atoms with E-state index in [1.807, 2.05) is 37.3 Å². The molecule has 2 heterocycles. The molecule has 0 bridgehead atoms. The number of nitrogens with one attached hydrogen (secondary N) is 1. The molecule has 6 nitrogen and oxygen atoms in total. The summed E-state index contributed by atoms with van der Waals surface area (Å²) in [4.78, 5) is 35.4. The smallest absolute Gasteiger partial charge is 0.258 e. The zero-order valence-corrected chi connectivity index (χ0v) is 14.3. The lowest BCUT2D eigenvalue weighted by molar-refractivity contribution is -0.127. The summed E-state index contributed by atoms with van der Waals surface area (Å²) in [6.07, 6.45) is 5.13. The molecular formula is C19H22N4O2. The number of aromatic nitrogens is 2. The van der Waals surface area contributed by atoms with Crippen LogP contribution in [0.25, 0.3) is 0 Å². The molecule has 2 aromatic rings. The van der Waals surface area contributed by atoms with Gasteiger partial charge in [-0.05, 0) is 12.0 Å². The first-order valence-electron chi connectivity index (χ1n) is 8.62. The number of hydrogen-bond acceptors (Lipinski definition) is 4. The van der Waals surface area contributed by atoms with Crippen molar-refractivity contribution in [2.45, 2.75) is 32.2 Å². The average Bonchev–Trinajstić information content (AvgIpc) is 2.64. The van der Waals surface area contributed by atoms with Gasteiger partial charge in [-0.2, -0.15) is 0 Å². The molecule has 1 fully saturated rings. The van der Waals surface area contributed by atoms with Crippen molar-refractivity contribution in [2.24, 2.45) is 0 Å². The van der Waals surface area contributed by atoms with Gasteiger partial charge in [0.05, 0.1) is 11.3 Å². The summed E-state index contributed by atoms with van der Waals surface area (Å²) in [6.45, 7) is 3.00. The van der Waals surface area contributed by atoms with Crippen LogP contribution in [0.5, 0.6) is 0 Å². The Morgan fingerprint density at radius 2 is 2.12 bits per heavy atom. The third-order valence-corrected chi connectivity index (χ3v) is 4.38. The van der Waals surface area contributed by atoms with Gasteiger partial charge in [-0.25, -0.2) is 9.97 Å². The van der Waals surface area contributed by atoms with E-state index < -0.39 is 6.04 Å². The fourth-order valence-electron chi connectivity index (χ4n) is 3.12. The van der Waals surface area contributed by atoms with Crippen LogP contribution >= 0.6 is 0 Å². The van der Waals surface area contributed by atoms with Crippen LogP contribution in [-0.2, 0) is 17.6 Å². The molecule has 1 N–H and O–H groups in total. The Labute approximate surface area is 147 Å². The van der Waals surface area contributed by atoms with Crippen molar-refractivity contribution in [3.63, 3.8) is 0 Å². The van der Waals surface area contributed by atoms with Crippen molar-refractivity contribution in [3.05, 3.63) is 59.7 Å². The first kappa shape index (κ1) is 17.1. The monoisotopic (exact) mass is 338 g/mol. The van der Waals surface area contributed by atoms with Gasteiger partial charge in [-0.15, -0.1) is 0 Å². The third kappa shape index (κ3) is 3.84. The van der Waals surface area contributed by atoms with E-state index in [2.05, 4.69) is 15.3 Å². The van der Waals surface area contributed by atoms with Gasteiger partial charge >= 0.3 is 0 Å². The van der Waals surface area contributed by atoms with Crippen LogP contribution in [0.2, 0.25) is 0 Å². The molecule has 1 aliphatic heterocycles. The summed E-state index contributed by atoms with van der Waals surface area (Å²) in [5.41, 5.74) is 2.27. The molecule has 0 unspecified atom stereocenters. The van der Waals surface area contributed by atoms with Gasteiger partial charge in [0.25, 0.3) is 5.91 Å². The Bertz CT molecular complexity index is 748. The molecule has 1 aromatic carbocycles. The number of nitrogens with zero attached hydrogens (tertiary/aromatic N) is 3. The molecule has 1 aliphatic rings. The number of benzene rings is 1. The average molecular weight is 338 g/mol. The van der Waals surface area contributed by atoms with E-state index in [1.165, 1.54) is 6.33 Å². The van der Waals surface area contributed by atoms with Crippen molar-refractivity contribution in [3.8, 4) is 0 Å². The summed E-state index contributed by atoms with van der Waals surface area (Å²) in [5, 5.41) is 2.86. The van der Waals surface area contributed by atoms with Crippen LogP contribution in [-0.4, -0.2) is 45.8 Å². The Morgan fingerprint density at radius 3 is 2.88 bits per heavy atom. The van der Waals surface area contributed by atoms with E-state index in [0.29, 0.717) is 31.5 Å². The van der Waals surface area contributed by atoms with Crippen LogP contribution in [0.3, 0.4) is 0 Å². The van der Waals surface area contributed by atoms with Gasteiger partial charge in [0.1, 0.15) is 12.4 Å². The second kappa shape index (κ2) is 7.88. The zero-order valence-electron chi connectivity index (χ0n) is 14.3.